The van der Waals surface area contributed by atoms with Crippen molar-refractivity contribution in [2.24, 2.45) is 14.1 Å². The lowest BCUT2D eigenvalue weighted by Gasteiger charge is -2.28. The van der Waals surface area contributed by atoms with Gasteiger partial charge in [0.2, 0.25) is 0 Å². The largest absolute Gasteiger partial charge is 0.506 e. The predicted octanol–water partition coefficient (Wildman–Crippen LogP) is 2.64. The molecule has 33 heavy (non-hydrogen) atoms. The van der Waals surface area contributed by atoms with E-state index in [1.54, 1.807) is 39.2 Å². The molecule has 9 nitrogen and oxygen atoms in total. The van der Waals surface area contributed by atoms with Crippen molar-refractivity contribution >= 4 is 33.8 Å². The first-order valence-corrected chi connectivity index (χ1v) is 10.3. The summed E-state index contributed by atoms with van der Waals surface area (Å²) in [7, 11) is 3.33. The summed E-state index contributed by atoms with van der Waals surface area (Å²) in [6.07, 6.45) is -0.0752. The maximum atomic E-state index is 12.6. The summed E-state index contributed by atoms with van der Waals surface area (Å²) in [5.41, 5.74) is 1.93. The minimum Gasteiger partial charge on any atom is -0.506 e. The highest BCUT2D eigenvalue weighted by Crippen LogP contribution is 2.49. The zero-order valence-electron chi connectivity index (χ0n) is 18.4. The fourth-order valence-electron chi connectivity index (χ4n) is 4.76. The van der Waals surface area contributed by atoms with Gasteiger partial charge in [0.25, 0.3) is 0 Å². The minimum atomic E-state index is -0.632. The van der Waals surface area contributed by atoms with Gasteiger partial charge >= 0.3 is 17.3 Å². The van der Waals surface area contributed by atoms with Crippen molar-refractivity contribution in [1.29, 1.82) is 0 Å². The summed E-state index contributed by atoms with van der Waals surface area (Å²) in [5, 5.41) is 11.1. The highest BCUT2D eigenvalue weighted by molar-refractivity contribution is 6.09. The molecule has 1 aliphatic rings. The number of hydrogen-bond acceptors (Lipinski definition) is 7. The molecule has 0 saturated carbocycles. The SMILES string of the molecule is CC(=O)c1c2c(c3oc(=O)cc(C)c3c1O)[C@@H](c1ccc3c(c1)n(C)c(=O)n3C)CC(=O)O2. The number of aromatic nitrogens is 2. The molecular weight excluding hydrogens is 428 g/mol. The second kappa shape index (κ2) is 6.93. The average Bonchev–Trinajstić information content (AvgIpc) is 2.96. The van der Waals surface area contributed by atoms with Gasteiger partial charge in [-0.2, -0.15) is 0 Å². The number of fused-ring (bicyclic) bond motifs is 4. The highest BCUT2D eigenvalue weighted by Gasteiger charge is 2.37. The number of ether oxygens (including phenoxy) is 1. The van der Waals surface area contributed by atoms with Crippen molar-refractivity contribution in [2.45, 2.75) is 26.2 Å². The van der Waals surface area contributed by atoms with Gasteiger partial charge in [-0.15, -0.1) is 0 Å². The van der Waals surface area contributed by atoms with Crippen LogP contribution in [0, 0.1) is 6.92 Å². The summed E-state index contributed by atoms with van der Waals surface area (Å²) < 4.78 is 14.0. The van der Waals surface area contributed by atoms with E-state index < -0.39 is 29.0 Å². The molecule has 0 amide bonds. The van der Waals surface area contributed by atoms with E-state index in [2.05, 4.69) is 0 Å². The molecule has 2 aromatic heterocycles. The van der Waals surface area contributed by atoms with Crippen LogP contribution in [0.25, 0.3) is 22.0 Å². The number of aryl methyl sites for hydroxylation is 3. The number of Topliss-reactive ketones (excluding diaryl/α,β-unsaturated/α-hetero) is 1. The van der Waals surface area contributed by atoms with Crippen molar-refractivity contribution < 1.29 is 23.8 Å². The molecule has 4 aromatic rings. The lowest BCUT2D eigenvalue weighted by Crippen LogP contribution is -2.24. The van der Waals surface area contributed by atoms with E-state index in [9.17, 15) is 24.3 Å². The molecule has 0 radical (unpaired) electrons. The molecule has 1 N–H and O–H groups in total. The lowest BCUT2D eigenvalue weighted by atomic mass is 9.82. The second-order valence-electron chi connectivity index (χ2n) is 8.35. The van der Waals surface area contributed by atoms with Crippen LogP contribution in [0.2, 0.25) is 0 Å². The van der Waals surface area contributed by atoms with Gasteiger partial charge in [0.1, 0.15) is 16.9 Å². The zero-order chi connectivity index (χ0) is 23.8. The van der Waals surface area contributed by atoms with Crippen molar-refractivity contribution in [2.75, 3.05) is 0 Å². The van der Waals surface area contributed by atoms with Gasteiger partial charge in [-0.05, 0) is 37.1 Å². The predicted molar refractivity (Wildman–Crippen MR) is 119 cm³/mol. The number of aromatic hydroxyl groups is 1. The fraction of sp³-hybridized carbons (Fsp3) is 0.250. The second-order valence-corrected chi connectivity index (χ2v) is 8.35. The van der Waals surface area contributed by atoms with Crippen molar-refractivity contribution in [3.8, 4) is 11.5 Å². The van der Waals surface area contributed by atoms with E-state index >= 15 is 0 Å². The Bertz CT molecular complexity index is 1650. The molecule has 0 aliphatic carbocycles. The molecule has 0 saturated heterocycles. The summed E-state index contributed by atoms with van der Waals surface area (Å²) >= 11 is 0. The number of nitrogens with zero attached hydrogens (tertiary/aromatic N) is 2. The summed E-state index contributed by atoms with van der Waals surface area (Å²) in [6.45, 7) is 2.89. The van der Waals surface area contributed by atoms with Crippen molar-refractivity contribution in [1.82, 2.24) is 9.13 Å². The Hall–Kier alpha value is -4.14. The molecule has 5 rings (SSSR count). The van der Waals surface area contributed by atoms with Gasteiger partial charge in [-0.1, -0.05) is 6.07 Å². The van der Waals surface area contributed by atoms with Crippen molar-refractivity contribution in [3.05, 3.63) is 67.4 Å². The Labute approximate surface area is 186 Å². The first kappa shape index (κ1) is 20.7. The van der Waals surface area contributed by atoms with E-state index in [1.165, 1.54) is 22.1 Å². The number of ketones is 1. The van der Waals surface area contributed by atoms with Crippen LogP contribution in [0.5, 0.6) is 11.5 Å². The topological polar surface area (TPSA) is 121 Å². The van der Waals surface area contributed by atoms with Crippen LogP contribution in [0.4, 0.5) is 0 Å². The quantitative estimate of drug-likeness (QED) is 0.217. The monoisotopic (exact) mass is 448 g/mol. The highest BCUT2D eigenvalue weighted by atomic mass is 16.5. The molecule has 2 aromatic carbocycles. The zero-order valence-corrected chi connectivity index (χ0v) is 18.4. The van der Waals surface area contributed by atoms with E-state index in [4.69, 9.17) is 9.15 Å². The van der Waals surface area contributed by atoms with Crippen LogP contribution >= 0.6 is 0 Å². The van der Waals surface area contributed by atoms with Gasteiger partial charge in [-0.25, -0.2) is 9.59 Å². The molecule has 1 aliphatic heterocycles. The molecule has 9 heteroatoms. The number of phenolic OH excluding ortho intramolecular Hbond substituents is 1. The summed E-state index contributed by atoms with van der Waals surface area (Å²) in [5.74, 6) is -2.22. The number of esters is 1. The standard InChI is InChI=1S/C24H20N2O7/c1-10-7-16(28)32-22-18(10)21(30)19(11(2)27)23-20(22)13(9-17(29)33-23)12-5-6-14-15(8-12)26(4)24(31)25(14)3/h5-8,13,30H,9H2,1-4H3/t13-/m1/s1. The summed E-state index contributed by atoms with van der Waals surface area (Å²) in [4.78, 5) is 49.7. The first-order valence-electron chi connectivity index (χ1n) is 10.3. The van der Waals surface area contributed by atoms with Crippen molar-refractivity contribution in [3.63, 3.8) is 0 Å². The Kier molecular flexibility index (Phi) is 4.36. The Morgan fingerprint density at radius 2 is 1.79 bits per heavy atom. The molecule has 0 unspecified atom stereocenters. The molecular formula is C24H20N2O7. The van der Waals surface area contributed by atoms with Crippen LogP contribution in [-0.4, -0.2) is 26.0 Å². The van der Waals surface area contributed by atoms with Gasteiger partial charge in [0.05, 0.1) is 22.8 Å². The Morgan fingerprint density at radius 3 is 2.48 bits per heavy atom. The molecule has 168 valence electrons. The molecule has 1 atom stereocenters. The van der Waals surface area contributed by atoms with E-state index in [1.807, 2.05) is 0 Å². The van der Waals surface area contributed by atoms with Crippen LogP contribution in [-0.2, 0) is 18.9 Å². The Balaban J connectivity index is 1.91. The van der Waals surface area contributed by atoms with Crippen LogP contribution in [0.1, 0.15) is 46.3 Å². The summed E-state index contributed by atoms with van der Waals surface area (Å²) in [6, 6.07) is 6.59. The third kappa shape index (κ3) is 2.85. The number of carbonyl (C=O) groups is 2. The minimum absolute atomic E-state index is 0.0667. The van der Waals surface area contributed by atoms with Gasteiger partial charge in [0.15, 0.2) is 11.5 Å². The lowest BCUT2D eigenvalue weighted by molar-refractivity contribution is -0.135. The number of imidazole rings is 1. The van der Waals surface area contributed by atoms with Crippen LogP contribution < -0.4 is 16.1 Å². The smallest absolute Gasteiger partial charge is 0.336 e. The van der Waals surface area contributed by atoms with Gasteiger partial charge < -0.3 is 14.3 Å². The van der Waals surface area contributed by atoms with Crippen LogP contribution in [0.15, 0.2) is 38.3 Å². The maximum absolute atomic E-state index is 12.6. The number of rotatable bonds is 2. The third-order valence-electron chi connectivity index (χ3n) is 6.33. The number of benzene rings is 2. The molecule has 3 heterocycles. The Morgan fingerprint density at radius 1 is 1.09 bits per heavy atom. The van der Waals surface area contributed by atoms with E-state index in [0.29, 0.717) is 27.7 Å². The van der Waals surface area contributed by atoms with E-state index in [0.717, 1.165) is 0 Å². The fourth-order valence-corrected chi connectivity index (χ4v) is 4.76. The molecule has 0 fully saturated rings. The molecule has 0 bridgehead atoms. The van der Waals surface area contributed by atoms with E-state index in [-0.39, 0.29) is 34.4 Å². The maximum Gasteiger partial charge on any atom is 0.336 e. The number of phenols is 1. The first-order chi connectivity index (χ1) is 15.6. The average molecular weight is 448 g/mol. The third-order valence-corrected chi connectivity index (χ3v) is 6.33. The normalized spacial score (nSPS) is 15.6. The van der Waals surface area contributed by atoms with Crippen LogP contribution in [0.3, 0.4) is 0 Å². The van der Waals surface area contributed by atoms with Gasteiger partial charge in [-0.3, -0.25) is 18.7 Å². The molecule has 0 spiro atoms. The van der Waals surface area contributed by atoms with Gasteiger partial charge in [0, 0.05) is 31.6 Å². The number of hydrogen-bond donors (Lipinski definition) is 1. The number of carbonyl (C=O) groups excluding carboxylic acids is 2.